The van der Waals surface area contributed by atoms with Crippen LogP contribution in [0.15, 0.2) is 24.3 Å². The highest BCUT2D eigenvalue weighted by molar-refractivity contribution is 5.71. The number of carbonyl (C=O) groups is 2. The Bertz CT molecular complexity index is 485. The number of carboxylic acids is 1. The molecule has 0 bridgehead atoms. The van der Waals surface area contributed by atoms with Crippen molar-refractivity contribution in [3.05, 3.63) is 24.3 Å². The molecule has 6 nitrogen and oxygen atoms in total. The highest BCUT2D eigenvalue weighted by Gasteiger charge is 2.35. The molecule has 148 valence electrons. The number of carboxylic acid groups (broad SMARTS) is 1. The second-order valence-electron chi connectivity index (χ2n) is 6.83. The lowest BCUT2D eigenvalue weighted by atomic mass is 9.87. The Morgan fingerprint density at radius 2 is 2.08 bits per heavy atom. The lowest BCUT2D eigenvalue weighted by molar-refractivity contribution is -0.163. The zero-order valence-corrected chi connectivity index (χ0v) is 15.5. The van der Waals surface area contributed by atoms with E-state index in [-0.39, 0.29) is 18.8 Å². The van der Waals surface area contributed by atoms with Gasteiger partial charge in [-0.1, -0.05) is 44.4 Å². The fraction of sp³-hybridized carbons (Fsp3) is 0.700. The summed E-state index contributed by atoms with van der Waals surface area (Å²) in [5.41, 5.74) is 0. The highest BCUT2D eigenvalue weighted by atomic mass is 16.5. The van der Waals surface area contributed by atoms with Gasteiger partial charge in [-0.3, -0.25) is 9.59 Å². The van der Waals surface area contributed by atoms with Crippen LogP contribution in [0, 0.1) is 5.92 Å². The number of carbonyl (C=O) groups excluding carboxylic acids is 1. The zero-order chi connectivity index (χ0) is 19.4. The van der Waals surface area contributed by atoms with Crippen molar-refractivity contribution in [1.82, 2.24) is 0 Å². The van der Waals surface area contributed by atoms with Crippen LogP contribution < -0.4 is 0 Å². The number of rotatable bonds is 12. The molecule has 0 aromatic carbocycles. The van der Waals surface area contributed by atoms with Gasteiger partial charge in [-0.25, -0.2) is 0 Å². The van der Waals surface area contributed by atoms with Crippen molar-refractivity contribution in [3.8, 4) is 0 Å². The van der Waals surface area contributed by atoms with Gasteiger partial charge in [0.05, 0.1) is 18.6 Å². The van der Waals surface area contributed by atoms with Crippen molar-refractivity contribution in [2.45, 2.75) is 83.0 Å². The number of cyclic esters (lactones) is 1. The van der Waals surface area contributed by atoms with Gasteiger partial charge in [-0.2, -0.15) is 0 Å². The molecular weight excluding hydrogens is 336 g/mol. The molecule has 0 saturated carbocycles. The standard InChI is InChI=1S/C20H32O6/c1-2-3-6-9-15(21)12-13-18-16(17(22)14-20(25)26-18)10-7-4-5-8-11-19(23)24/h4,7,12-13,15-18,21-22H,2-3,5-6,8-11,14H2,1H3,(H,23,24)/b7-4-,13-12+/t15-,16-,17-,18?/m0/s1. The maximum atomic E-state index is 11.6. The average Bonchev–Trinajstić information content (AvgIpc) is 2.57. The van der Waals surface area contributed by atoms with Crippen LogP contribution >= 0.6 is 0 Å². The molecule has 1 unspecified atom stereocenters. The van der Waals surface area contributed by atoms with Crippen LogP contribution in [0.3, 0.4) is 0 Å². The van der Waals surface area contributed by atoms with Gasteiger partial charge in [-0.05, 0) is 31.8 Å². The minimum Gasteiger partial charge on any atom is -0.481 e. The molecule has 0 aromatic heterocycles. The van der Waals surface area contributed by atoms with E-state index in [4.69, 9.17) is 9.84 Å². The molecule has 1 saturated heterocycles. The van der Waals surface area contributed by atoms with Gasteiger partial charge in [0, 0.05) is 12.3 Å². The first-order valence-electron chi connectivity index (χ1n) is 9.54. The van der Waals surface area contributed by atoms with Crippen molar-refractivity contribution in [2.24, 2.45) is 5.92 Å². The lowest BCUT2D eigenvalue weighted by Crippen LogP contribution is -2.41. The summed E-state index contributed by atoms with van der Waals surface area (Å²) in [5, 5.41) is 28.8. The van der Waals surface area contributed by atoms with Crippen LogP contribution in [0.4, 0.5) is 0 Å². The smallest absolute Gasteiger partial charge is 0.309 e. The molecule has 26 heavy (non-hydrogen) atoms. The number of aliphatic hydroxyl groups excluding tert-OH is 2. The van der Waals surface area contributed by atoms with Crippen LogP contribution in [0.5, 0.6) is 0 Å². The molecule has 0 amide bonds. The molecule has 4 atom stereocenters. The van der Waals surface area contributed by atoms with Crippen LogP contribution in [0.2, 0.25) is 0 Å². The summed E-state index contributed by atoms with van der Waals surface area (Å²) in [6, 6.07) is 0. The molecule has 1 aliphatic heterocycles. The Kier molecular flexibility index (Phi) is 10.9. The summed E-state index contributed by atoms with van der Waals surface area (Å²) in [4.78, 5) is 22.1. The number of esters is 1. The summed E-state index contributed by atoms with van der Waals surface area (Å²) >= 11 is 0. The fourth-order valence-corrected chi connectivity index (χ4v) is 2.98. The Morgan fingerprint density at radius 3 is 2.77 bits per heavy atom. The second-order valence-corrected chi connectivity index (χ2v) is 6.83. The molecule has 1 heterocycles. The molecule has 1 aliphatic rings. The maximum Gasteiger partial charge on any atom is 0.309 e. The summed E-state index contributed by atoms with van der Waals surface area (Å²) in [6.45, 7) is 2.10. The topological polar surface area (TPSA) is 104 Å². The van der Waals surface area contributed by atoms with E-state index in [1.54, 1.807) is 12.2 Å². The van der Waals surface area contributed by atoms with E-state index in [0.717, 1.165) is 19.3 Å². The number of aliphatic carboxylic acids is 1. The third-order valence-electron chi connectivity index (χ3n) is 4.52. The van der Waals surface area contributed by atoms with Gasteiger partial charge in [0.2, 0.25) is 0 Å². The summed E-state index contributed by atoms with van der Waals surface area (Å²) in [7, 11) is 0. The molecule has 1 rings (SSSR count). The van der Waals surface area contributed by atoms with Crippen LogP contribution in [-0.2, 0) is 14.3 Å². The Labute approximate surface area is 155 Å². The first-order valence-corrected chi connectivity index (χ1v) is 9.54. The average molecular weight is 368 g/mol. The van der Waals surface area contributed by atoms with Crippen LogP contribution in [-0.4, -0.2) is 45.6 Å². The van der Waals surface area contributed by atoms with Crippen molar-refractivity contribution in [2.75, 3.05) is 0 Å². The second kappa shape index (κ2) is 12.7. The van der Waals surface area contributed by atoms with Gasteiger partial charge in [0.25, 0.3) is 0 Å². The monoisotopic (exact) mass is 368 g/mol. The zero-order valence-electron chi connectivity index (χ0n) is 15.5. The van der Waals surface area contributed by atoms with Gasteiger partial charge in [0.1, 0.15) is 6.10 Å². The SMILES string of the molecule is CCCCC[C@H](O)/C=C/C1OC(=O)C[C@H](O)[C@@H]1C/C=C\CCCC(=O)O. The molecule has 0 aromatic rings. The lowest BCUT2D eigenvalue weighted by Gasteiger charge is -2.32. The summed E-state index contributed by atoms with van der Waals surface area (Å²) in [5.74, 6) is -1.51. The molecule has 0 radical (unpaired) electrons. The Balaban J connectivity index is 2.54. The predicted octanol–water partition coefficient (Wildman–Crippen LogP) is 2.98. The highest BCUT2D eigenvalue weighted by Crippen LogP contribution is 2.27. The molecule has 3 N–H and O–H groups in total. The van der Waals surface area contributed by atoms with Crippen LogP contribution in [0.1, 0.15) is 64.7 Å². The van der Waals surface area contributed by atoms with Gasteiger partial charge >= 0.3 is 11.9 Å². The Hall–Kier alpha value is -1.66. The molecule has 0 aliphatic carbocycles. The third kappa shape index (κ3) is 9.15. The largest absolute Gasteiger partial charge is 0.481 e. The Morgan fingerprint density at radius 1 is 1.31 bits per heavy atom. The van der Waals surface area contributed by atoms with E-state index in [2.05, 4.69) is 6.92 Å². The van der Waals surface area contributed by atoms with Gasteiger partial charge < -0.3 is 20.1 Å². The minimum atomic E-state index is -0.810. The van der Waals surface area contributed by atoms with Gasteiger partial charge in [0.15, 0.2) is 0 Å². The maximum absolute atomic E-state index is 11.6. The van der Waals surface area contributed by atoms with Crippen molar-refractivity contribution >= 4 is 11.9 Å². The van der Waals surface area contributed by atoms with Crippen LogP contribution in [0.25, 0.3) is 0 Å². The first kappa shape index (κ1) is 22.4. The summed E-state index contributed by atoms with van der Waals surface area (Å²) < 4.78 is 5.35. The van der Waals surface area contributed by atoms with E-state index in [9.17, 15) is 19.8 Å². The third-order valence-corrected chi connectivity index (χ3v) is 4.52. The molecule has 0 spiro atoms. The van der Waals surface area contributed by atoms with Crippen molar-refractivity contribution in [3.63, 3.8) is 0 Å². The summed E-state index contributed by atoms with van der Waals surface area (Å²) in [6.07, 6.45) is 10.8. The first-order chi connectivity index (χ1) is 12.4. The van der Waals surface area contributed by atoms with E-state index in [1.165, 1.54) is 0 Å². The number of allylic oxidation sites excluding steroid dienone is 2. The van der Waals surface area contributed by atoms with E-state index < -0.39 is 30.3 Å². The van der Waals surface area contributed by atoms with E-state index >= 15 is 0 Å². The van der Waals surface area contributed by atoms with E-state index in [0.29, 0.717) is 25.7 Å². The van der Waals surface area contributed by atoms with Crippen molar-refractivity contribution < 1.29 is 29.6 Å². The predicted molar refractivity (Wildman–Crippen MR) is 98.5 cm³/mol. The number of unbranched alkanes of at least 4 members (excludes halogenated alkanes) is 3. The minimum absolute atomic E-state index is 0.0269. The fourth-order valence-electron chi connectivity index (χ4n) is 2.98. The van der Waals surface area contributed by atoms with Crippen molar-refractivity contribution in [1.29, 1.82) is 0 Å². The molecule has 6 heteroatoms. The molecule has 1 fully saturated rings. The molecular formula is C20H32O6. The number of hydrogen-bond donors (Lipinski definition) is 3. The number of ether oxygens (including phenoxy) is 1. The quantitative estimate of drug-likeness (QED) is 0.278. The van der Waals surface area contributed by atoms with Gasteiger partial charge in [-0.15, -0.1) is 0 Å². The number of hydrogen-bond acceptors (Lipinski definition) is 5. The normalized spacial score (nSPS) is 24.9. The van der Waals surface area contributed by atoms with E-state index in [1.807, 2.05) is 12.2 Å². The number of aliphatic hydroxyl groups is 2.